The summed E-state index contributed by atoms with van der Waals surface area (Å²) in [7, 11) is 0. The smallest absolute Gasteiger partial charge is 0.225 e. The van der Waals surface area contributed by atoms with E-state index in [0.717, 1.165) is 22.6 Å². The quantitative estimate of drug-likeness (QED) is 0.448. The lowest BCUT2D eigenvalue weighted by molar-refractivity contribution is -0.116. The van der Waals surface area contributed by atoms with E-state index in [1.165, 1.54) is 21.9 Å². The van der Waals surface area contributed by atoms with Crippen molar-refractivity contribution in [2.24, 2.45) is 0 Å². The van der Waals surface area contributed by atoms with E-state index in [9.17, 15) is 4.79 Å². The summed E-state index contributed by atoms with van der Waals surface area (Å²) >= 11 is 0. The van der Waals surface area contributed by atoms with Gasteiger partial charge < -0.3 is 10.1 Å². The van der Waals surface area contributed by atoms with Crippen LogP contribution in [0.4, 0.5) is 5.69 Å². The number of benzene rings is 4. The highest BCUT2D eigenvalue weighted by atomic mass is 16.5. The number of carbonyl (C=O) groups is 1. The molecule has 3 nitrogen and oxygen atoms in total. The van der Waals surface area contributed by atoms with Crippen LogP contribution in [0, 0.1) is 6.92 Å². The van der Waals surface area contributed by atoms with Crippen LogP contribution in [0.2, 0.25) is 0 Å². The third-order valence-corrected chi connectivity index (χ3v) is 5.79. The van der Waals surface area contributed by atoms with Crippen molar-refractivity contribution >= 4 is 22.4 Å². The Kier molecular flexibility index (Phi) is 4.72. The minimum absolute atomic E-state index is 0.0333. The Bertz CT molecular complexity index is 1210. The van der Waals surface area contributed by atoms with Gasteiger partial charge in [0.25, 0.3) is 0 Å². The van der Waals surface area contributed by atoms with E-state index >= 15 is 0 Å². The molecule has 1 N–H and O–H groups in total. The Morgan fingerprint density at radius 3 is 2.47 bits per heavy atom. The van der Waals surface area contributed by atoms with Crippen LogP contribution in [-0.4, -0.2) is 5.91 Å². The number of fused-ring (bicyclic) bond motifs is 3. The maximum absolute atomic E-state index is 12.4. The molecule has 0 radical (unpaired) electrons. The summed E-state index contributed by atoms with van der Waals surface area (Å²) in [4.78, 5) is 12.4. The summed E-state index contributed by atoms with van der Waals surface area (Å²) in [6.45, 7) is 2.62. The minimum atomic E-state index is 0.0333. The van der Waals surface area contributed by atoms with Gasteiger partial charge in [-0.05, 0) is 52.6 Å². The van der Waals surface area contributed by atoms with E-state index in [1.54, 1.807) is 0 Å². The zero-order valence-electron chi connectivity index (χ0n) is 16.9. The van der Waals surface area contributed by atoms with Crippen molar-refractivity contribution in [3.05, 3.63) is 107 Å². The monoisotopic (exact) mass is 393 g/mol. The maximum atomic E-state index is 12.4. The van der Waals surface area contributed by atoms with E-state index < -0.39 is 0 Å². The van der Waals surface area contributed by atoms with Crippen molar-refractivity contribution in [2.75, 3.05) is 5.32 Å². The topological polar surface area (TPSA) is 38.3 Å². The molecule has 0 bridgehead atoms. The Morgan fingerprint density at radius 1 is 0.900 bits per heavy atom. The van der Waals surface area contributed by atoms with Crippen LogP contribution >= 0.6 is 0 Å². The highest BCUT2D eigenvalue weighted by Gasteiger charge is 2.28. The summed E-state index contributed by atoms with van der Waals surface area (Å²) in [6, 6.07) is 29.0. The lowest BCUT2D eigenvalue weighted by Gasteiger charge is -2.27. The van der Waals surface area contributed by atoms with Crippen LogP contribution in [-0.2, 0) is 11.4 Å². The number of hydrogen-bond acceptors (Lipinski definition) is 2. The molecule has 1 aliphatic rings. The van der Waals surface area contributed by atoms with Gasteiger partial charge in [-0.3, -0.25) is 4.79 Å². The van der Waals surface area contributed by atoms with Gasteiger partial charge in [0.05, 0.1) is 0 Å². The average molecular weight is 393 g/mol. The highest BCUT2D eigenvalue weighted by Crippen LogP contribution is 2.41. The lowest BCUT2D eigenvalue weighted by Crippen LogP contribution is -2.23. The first-order valence-electron chi connectivity index (χ1n) is 10.3. The van der Waals surface area contributed by atoms with Gasteiger partial charge in [0.1, 0.15) is 12.4 Å². The van der Waals surface area contributed by atoms with Gasteiger partial charge in [-0.2, -0.15) is 0 Å². The number of ether oxygens (including phenoxy) is 1. The number of anilines is 1. The summed E-state index contributed by atoms with van der Waals surface area (Å²) in [5, 5.41) is 5.43. The molecular formula is C27H23NO2. The van der Waals surface area contributed by atoms with Crippen LogP contribution in [0.5, 0.6) is 5.75 Å². The van der Waals surface area contributed by atoms with E-state index in [1.807, 2.05) is 24.3 Å². The van der Waals surface area contributed by atoms with Gasteiger partial charge in [0.15, 0.2) is 0 Å². The second-order valence-corrected chi connectivity index (χ2v) is 7.90. The zero-order chi connectivity index (χ0) is 20.5. The number of hydrogen-bond donors (Lipinski definition) is 1. The molecule has 1 aliphatic heterocycles. The van der Waals surface area contributed by atoms with Crippen molar-refractivity contribution in [2.45, 2.75) is 25.9 Å². The third kappa shape index (κ3) is 3.55. The Morgan fingerprint density at radius 2 is 1.67 bits per heavy atom. The Balaban J connectivity index is 1.43. The van der Waals surface area contributed by atoms with E-state index in [-0.39, 0.29) is 11.8 Å². The van der Waals surface area contributed by atoms with Gasteiger partial charge in [0.2, 0.25) is 5.91 Å². The summed E-state index contributed by atoms with van der Waals surface area (Å²) in [5.74, 6) is 0.922. The molecule has 1 amide bonds. The van der Waals surface area contributed by atoms with Gasteiger partial charge in [-0.15, -0.1) is 0 Å². The normalized spacial score (nSPS) is 15.5. The zero-order valence-corrected chi connectivity index (χ0v) is 16.9. The van der Waals surface area contributed by atoms with Crippen LogP contribution in [0.3, 0.4) is 0 Å². The summed E-state index contributed by atoms with van der Waals surface area (Å²) in [5.41, 5.74) is 5.63. The third-order valence-electron chi connectivity index (χ3n) is 5.79. The van der Waals surface area contributed by atoms with Crippen molar-refractivity contribution in [1.29, 1.82) is 0 Å². The van der Waals surface area contributed by atoms with Crippen LogP contribution < -0.4 is 10.1 Å². The first-order chi connectivity index (χ1) is 14.7. The molecule has 4 aromatic carbocycles. The predicted octanol–water partition coefficient (Wildman–Crippen LogP) is 6.20. The second kappa shape index (κ2) is 7.68. The summed E-state index contributed by atoms with van der Waals surface area (Å²) in [6.07, 6.45) is 0.449. The van der Waals surface area contributed by atoms with E-state index in [4.69, 9.17) is 4.74 Å². The first-order valence-corrected chi connectivity index (χ1v) is 10.3. The second-order valence-electron chi connectivity index (χ2n) is 7.90. The molecule has 0 spiro atoms. The number of rotatable bonds is 4. The van der Waals surface area contributed by atoms with Crippen molar-refractivity contribution in [1.82, 2.24) is 0 Å². The Hall–Kier alpha value is -3.59. The minimum Gasteiger partial charge on any atom is -0.489 e. The predicted molar refractivity (Wildman–Crippen MR) is 121 cm³/mol. The van der Waals surface area contributed by atoms with Crippen LogP contribution in [0.25, 0.3) is 10.8 Å². The number of nitrogens with one attached hydrogen (secondary N) is 1. The molecule has 1 heterocycles. The number of aryl methyl sites for hydroxylation is 1. The molecule has 30 heavy (non-hydrogen) atoms. The fourth-order valence-corrected chi connectivity index (χ4v) is 4.20. The Labute approximate surface area is 176 Å². The lowest BCUT2D eigenvalue weighted by atomic mass is 9.82. The van der Waals surface area contributed by atoms with Gasteiger partial charge in [-0.1, -0.05) is 72.3 Å². The van der Waals surface area contributed by atoms with Gasteiger partial charge in [0, 0.05) is 18.0 Å². The fourth-order valence-electron chi connectivity index (χ4n) is 4.20. The fraction of sp³-hybridized carbons (Fsp3) is 0.148. The molecule has 0 saturated carbocycles. The van der Waals surface area contributed by atoms with Crippen molar-refractivity contribution in [3.63, 3.8) is 0 Å². The molecule has 0 aliphatic carbocycles. The molecule has 0 aromatic heterocycles. The molecule has 148 valence electrons. The van der Waals surface area contributed by atoms with Crippen LogP contribution in [0.1, 0.15) is 34.6 Å². The standard InChI is InChI=1S/C27H23NO2/c1-18-6-8-19(9-7-18)17-30-22-13-10-21(11-14-22)24-16-26(29)28-25-15-12-20-4-2-3-5-23(20)27(24)25/h2-15,24H,16-17H2,1H3,(H,28,29). The molecule has 4 aromatic rings. The molecule has 1 unspecified atom stereocenters. The van der Waals surface area contributed by atoms with E-state index in [2.05, 4.69) is 72.9 Å². The molecular weight excluding hydrogens is 370 g/mol. The van der Waals surface area contributed by atoms with Crippen molar-refractivity contribution < 1.29 is 9.53 Å². The SMILES string of the molecule is Cc1ccc(COc2ccc(C3CC(=O)Nc4ccc5ccccc5c43)cc2)cc1. The maximum Gasteiger partial charge on any atom is 0.225 e. The molecule has 5 rings (SSSR count). The summed E-state index contributed by atoms with van der Waals surface area (Å²) < 4.78 is 5.96. The molecule has 3 heteroatoms. The highest BCUT2D eigenvalue weighted by molar-refractivity contribution is 6.01. The molecule has 1 atom stereocenters. The molecule has 0 saturated heterocycles. The van der Waals surface area contributed by atoms with Gasteiger partial charge in [-0.25, -0.2) is 0 Å². The van der Waals surface area contributed by atoms with E-state index in [0.29, 0.717) is 13.0 Å². The number of amides is 1. The molecule has 0 fully saturated rings. The largest absolute Gasteiger partial charge is 0.489 e. The first kappa shape index (κ1) is 18.4. The van der Waals surface area contributed by atoms with Crippen molar-refractivity contribution in [3.8, 4) is 5.75 Å². The van der Waals surface area contributed by atoms with Crippen LogP contribution in [0.15, 0.2) is 84.9 Å². The average Bonchev–Trinajstić information content (AvgIpc) is 2.78. The van der Waals surface area contributed by atoms with Gasteiger partial charge >= 0.3 is 0 Å². The number of carbonyl (C=O) groups excluding carboxylic acids is 1.